The van der Waals surface area contributed by atoms with E-state index < -0.39 is 6.10 Å². The zero-order valence-electron chi connectivity index (χ0n) is 8.85. The Balaban J connectivity index is 0.000000304. The second kappa shape index (κ2) is 8.01. The average molecular weight is 246 g/mol. The van der Waals surface area contributed by atoms with Crippen LogP contribution in [0.4, 0.5) is 17.8 Å². The summed E-state index contributed by atoms with van der Waals surface area (Å²) in [5.74, 6) is 0.125. The SMILES string of the molecule is Nc1nc(N)nc(N)n1.O=COCC(O)CO. The number of ether oxygens (including phenoxy) is 1. The van der Waals surface area contributed by atoms with Crippen LogP contribution in [0.15, 0.2) is 0 Å². The molecule has 0 amide bonds. The predicted octanol–water partition coefficient (Wildman–Crippen LogP) is -2.87. The Labute approximate surface area is 96.4 Å². The maximum Gasteiger partial charge on any atom is 0.293 e. The van der Waals surface area contributed by atoms with E-state index in [4.69, 9.17) is 27.4 Å². The van der Waals surface area contributed by atoms with Crippen molar-refractivity contribution in [3.05, 3.63) is 0 Å². The highest BCUT2D eigenvalue weighted by atomic mass is 16.5. The Kier molecular flexibility index (Phi) is 6.97. The maximum absolute atomic E-state index is 9.41. The lowest BCUT2D eigenvalue weighted by Gasteiger charge is -2.02. The van der Waals surface area contributed by atoms with E-state index in [1.807, 2.05) is 0 Å². The maximum atomic E-state index is 9.41. The van der Waals surface area contributed by atoms with Gasteiger partial charge in [-0.15, -0.1) is 0 Å². The lowest BCUT2D eigenvalue weighted by Crippen LogP contribution is -2.18. The van der Waals surface area contributed by atoms with Gasteiger partial charge in [0.05, 0.1) is 6.61 Å². The Morgan fingerprint density at radius 3 is 1.88 bits per heavy atom. The molecule has 1 unspecified atom stereocenters. The van der Waals surface area contributed by atoms with Gasteiger partial charge in [0.2, 0.25) is 17.8 Å². The van der Waals surface area contributed by atoms with Crippen LogP contribution in [0, 0.1) is 0 Å². The van der Waals surface area contributed by atoms with E-state index in [1.165, 1.54) is 0 Å². The Morgan fingerprint density at radius 1 is 1.18 bits per heavy atom. The first-order chi connectivity index (χ1) is 7.99. The molecule has 1 heterocycles. The fourth-order valence-electron chi connectivity index (χ4n) is 0.630. The van der Waals surface area contributed by atoms with Gasteiger partial charge in [0.25, 0.3) is 6.47 Å². The molecule has 0 radical (unpaired) electrons. The highest BCUT2D eigenvalue weighted by Gasteiger charge is 1.98. The first-order valence-electron chi connectivity index (χ1n) is 4.36. The minimum atomic E-state index is -0.944. The fourth-order valence-corrected chi connectivity index (χ4v) is 0.630. The van der Waals surface area contributed by atoms with Crippen molar-refractivity contribution in [3.8, 4) is 0 Å². The van der Waals surface area contributed by atoms with E-state index in [2.05, 4.69) is 19.7 Å². The summed E-state index contributed by atoms with van der Waals surface area (Å²) >= 11 is 0. The summed E-state index contributed by atoms with van der Waals surface area (Å²) in [5.41, 5.74) is 15.4. The third kappa shape index (κ3) is 7.70. The van der Waals surface area contributed by atoms with E-state index in [1.54, 1.807) is 0 Å². The minimum Gasteiger partial charge on any atom is -0.465 e. The van der Waals surface area contributed by atoms with Gasteiger partial charge in [-0.3, -0.25) is 4.79 Å². The van der Waals surface area contributed by atoms with Crippen LogP contribution in [-0.2, 0) is 9.53 Å². The van der Waals surface area contributed by atoms with Crippen LogP contribution in [0.25, 0.3) is 0 Å². The number of hydrogen-bond acceptors (Lipinski definition) is 10. The van der Waals surface area contributed by atoms with E-state index in [-0.39, 0.29) is 37.5 Å². The predicted molar refractivity (Wildman–Crippen MR) is 58.2 cm³/mol. The number of nitrogens with two attached hydrogens (primary N) is 3. The molecule has 1 aromatic heterocycles. The molecule has 17 heavy (non-hydrogen) atoms. The molecule has 8 N–H and O–H groups in total. The molecule has 1 atom stereocenters. The van der Waals surface area contributed by atoms with E-state index >= 15 is 0 Å². The van der Waals surface area contributed by atoms with Crippen LogP contribution in [0.3, 0.4) is 0 Å². The van der Waals surface area contributed by atoms with Crippen molar-refractivity contribution >= 4 is 24.3 Å². The molecule has 10 nitrogen and oxygen atoms in total. The van der Waals surface area contributed by atoms with Gasteiger partial charge in [0.1, 0.15) is 12.7 Å². The first-order valence-corrected chi connectivity index (χ1v) is 4.36. The standard InChI is InChI=1S/C4H8O4.C3H6N6/c5-1-4(7)2-8-3-6;4-1-7-2(5)9-3(6)8-1/h3-5,7H,1-2H2;(H6,4,5,6,7,8,9). The number of carbonyl (C=O) groups excluding carboxylic acids is 1. The van der Waals surface area contributed by atoms with Gasteiger partial charge in [0.15, 0.2) is 0 Å². The summed E-state index contributed by atoms with van der Waals surface area (Å²) in [6, 6.07) is 0. The van der Waals surface area contributed by atoms with Crippen LogP contribution in [0.2, 0.25) is 0 Å². The summed E-state index contributed by atoms with van der Waals surface area (Å²) in [5, 5.41) is 16.6. The second-order valence-electron chi connectivity index (χ2n) is 2.68. The Morgan fingerprint density at radius 2 is 1.59 bits per heavy atom. The Hall–Kier alpha value is -2.20. The van der Waals surface area contributed by atoms with Crippen molar-refractivity contribution < 1.29 is 19.7 Å². The van der Waals surface area contributed by atoms with Gasteiger partial charge in [-0.2, -0.15) is 15.0 Å². The third-order valence-corrected chi connectivity index (χ3v) is 1.25. The van der Waals surface area contributed by atoms with Crippen molar-refractivity contribution in [1.29, 1.82) is 0 Å². The molecule has 0 fully saturated rings. The molecule has 0 spiro atoms. The Bertz CT molecular complexity index is 299. The number of nitrogen functional groups attached to an aromatic ring is 3. The number of aromatic nitrogens is 3. The van der Waals surface area contributed by atoms with Crippen LogP contribution in [0.5, 0.6) is 0 Å². The summed E-state index contributed by atoms with van der Waals surface area (Å²) in [6.45, 7) is -0.299. The summed E-state index contributed by atoms with van der Waals surface area (Å²) in [7, 11) is 0. The smallest absolute Gasteiger partial charge is 0.293 e. The molecule has 0 aliphatic rings. The number of hydrogen-bond donors (Lipinski definition) is 5. The first kappa shape index (κ1) is 14.8. The topological polar surface area (TPSA) is 183 Å². The molecule has 0 saturated carbocycles. The van der Waals surface area contributed by atoms with Gasteiger partial charge >= 0.3 is 0 Å². The fraction of sp³-hybridized carbons (Fsp3) is 0.429. The molecule has 0 aliphatic heterocycles. The monoisotopic (exact) mass is 246 g/mol. The molecule has 0 saturated heterocycles. The van der Waals surface area contributed by atoms with Gasteiger partial charge in [0, 0.05) is 0 Å². The van der Waals surface area contributed by atoms with Crippen LogP contribution < -0.4 is 17.2 Å². The van der Waals surface area contributed by atoms with Gasteiger partial charge < -0.3 is 32.2 Å². The molecule has 96 valence electrons. The van der Waals surface area contributed by atoms with Gasteiger partial charge in [-0.1, -0.05) is 0 Å². The second-order valence-corrected chi connectivity index (χ2v) is 2.68. The number of carbonyl (C=O) groups is 1. The van der Waals surface area contributed by atoms with Crippen molar-refractivity contribution in [2.24, 2.45) is 0 Å². The van der Waals surface area contributed by atoms with Gasteiger partial charge in [-0.25, -0.2) is 0 Å². The van der Waals surface area contributed by atoms with E-state index in [0.29, 0.717) is 0 Å². The average Bonchev–Trinajstić information content (AvgIpc) is 2.24. The molecular weight excluding hydrogens is 232 g/mol. The highest BCUT2D eigenvalue weighted by Crippen LogP contribution is 1.97. The van der Waals surface area contributed by atoms with Crippen molar-refractivity contribution in [3.63, 3.8) is 0 Å². The lowest BCUT2D eigenvalue weighted by molar-refractivity contribution is -0.132. The molecule has 1 rings (SSSR count). The summed E-state index contributed by atoms with van der Waals surface area (Å²) < 4.78 is 4.10. The lowest BCUT2D eigenvalue weighted by atomic mass is 10.4. The number of rotatable bonds is 4. The van der Waals surface area contributed by atoms with Crippen LogP contribution in [0.1, 0.15) is 0 Å². The normalized spacial score (nSPS) is 10.9. The van der Waals surface area contributed by atoms with Crippen LogP contribution in [-0.4, -0.2) is 51.0 Å². The largest absolute Gasteiger partial charge is 0.465 e. The van der Waals surface area contributed by atoms with Gasteiger partial charge in [-0.05, 0) is 0 Å². The molecule has 10 heteroatoms. The molecular formula is C7H14N6O4. The zero-order valence-corrected chi connectivity index (χ0v) is 8.85. The molecule has 0 aromatic carbocycles. The number of aliphatic hydroxyl groups excluding tert-OH is 2. The summed E-state index contributed by atoms with van der Waals surface area (Å²) in [6.07, 6.45) is -0.944. The quantitative estimate of drug-likeness (QED) is 0.346. The zero-order chi connectivity index (χ0) is 13.3. The third-order valence-electron chi connectivity index (χ3n) is 1.25. The highest BCUT2D eigenvalue weighted by molar-refractivity contribution is 5.36. The molecule has 0 aliphatic carbocycles. The number of anilines is 3. The molecule has 0 bridgehead atoms. The molecule has 1 aromatic rings. The number of aliphatic hydroxyl groups is 2. The van der Waals surface area contributed by atoms with E-state index in [9.17, 15) is 4.79 Å². The van der Waals surface area contributed by atoms with Crippen molar-refractivity contribution in [2.45, 2.75) is 6.10 Å². The minimum absolute atomic E-state index is 0.0417. The number of nitrogens with zero attached hydrogens (tertiary/aromatic N) is 3. The van der Waals surface area contributed by atoms with Crippen molar-refractivity contribution in [2.75, 3.05) is 30.4 Å². The van der Waals surface area contributed by atoms with E-state index in [0.717, 1.165) is 0 Å². The summed E-state index contributed by atoms with van der Waals surface area (Å²) in [4.78, 5) is 19.9. The van der Waals surface area contributed by atoms with Crippen molar-refractivity contribution in [1.82, 2.24) is 15.0 Å². The van der Waals surface area contributed by atoms with Crippen LogP contribution >= 0.6 is 0 Å².